The summed E-state index contributed by atoms with van der Waals surface area (Å²) in [5.74, 6) is 0.151. The van der Waals surface area contributed by atoms with E-state index in [-0.39, 0.29) is 12.4 Å². The van der Waals surface area contributed by atoms with E-state index in [0.717, 1.165) is 48.4 Å². The molecule has 5 heteroatoms. The molecule has 1 N–H and O–H groups in total. The number of aromatic nitrogens is 1. The number of likely N-dealkylation sites (tertiary alicyclic amines) is 1. The van der Waals surface area contributed by atoms with Crippen molar-refractivity contribution in [1.82, 2.24) is 9.47 Å². The van der Waals surface area contributed by atoms with E-state index in [1.807, 2.05) is 44.2 Å². The third kappa shape index (κ3) is 3.81. The lowest BCUT2D eigenvalue weighted by atomic mass is 10.1. The van der Waals surface area contributed by atoms with E-state index in [2.05, 4.69) is 9.47 Å². The van der Waals surface area contributed by atoms with E-state index in [1.54, 1.807) is 0 Å². The van der Waals surface area contributed by atoms with Gasteiger partial charge in [-0.2, -0.15) is 0 Å². The van der Waals surface area contributed by atoms with Gasteiger partial charge in [-0.1, -0.05) is 11.6 Å². The van der Waals surface area contributed by atoms with E-state index < -0.39 is 0 Å². The Hall–Kier alpha value is -1.62. The quantitative estimate of drug-likeness (QED) is 0.797. The number of Topliss-reactive ketones (excluding diaryl/α,β-unsaturated/α-hetero) is 1. The van der Waals surface area contributed by atoms with Crippen LogP contribution in [0.4, 0.5) is 0 Å². The van der Waals surface area contributed by atoms with Gasteiger partial charge in [-0.3, -0.25) is 9.69 Å². The lowest BCUT2D eigenvalue weighted by Gasteiger charge is -2.23. The minimum atomic E-state index is 0.151. The molecular weight excluding hydrogens is 336 g/mol. The molecule has 1 aromatic carbocycles. The number of aryl methyl sites for hydroxylation is 1. The third-order valence-corrected chi connectivity index (χ3v) is 5.38. The number of hydrogen-bond acceptors (Lipinski definition) is 3. The third-order valence-electron chi connectivity index (χ3n) is 5.12. The largest absolute Gasteiger partial charge is 0.396 e. The fourth-order valence-corrected chi connectivity index (χ4v) is 4.01. The fourth-order valence-electron chi connectivity index (χ4n) is 3.88. The first-order valence-electron chi connectivity index (χ1n) is 8.84. The first-order valence-corrected chi connectivity index (χ1v) is 9.22. The predicted molar refractivity (Wildman–Crippen MR) is 101 cm³/mol. The number of rotatable bonds is 6. The zero-order valence-electron chi connectivity index (χ0n) is 14.8. The van der Waals surface area contributed by atoms with E-state index in [1.165, 1.54) is 0 Å². The Kier molecular flexibility index (Phi) is 5.62. The van der Waals surface area contributed by atoms with Gasteiger partial charge in [0.15, 0.2) is 5.78 Å². The molecule has 2 heterocycles. The molecule has 0 radical (unpaired) electrons. The summed E-state index contributed by atoms with van der Waals surface area (Å²) < 4.78 is 2.10. The van der Waals surface area contributed by atoms with E-state index in [9.17, 15) is 9.90 Å². The Morgan fingerprint density at radius 3 is 2.68 bits per heavy atom. The second-order valence-electron chi connectivity index (χ2n) is 6.80. The molecule has 0 saturated carbocycles. The molecular formula is C20H25ClN2O2. The van der Waals surface area contributed by atoms with Gasteiger partial charge in [0, 0.05) is 40.3 Å². The molecule has 1 atom stereocenters. The topological polar surface area (TPSA) is 45.5 Å². The summed E-state index contributed by atoms with van der Waals surface area (Å²) in [7, 11) is 0. The Morgan fingerprint density at radius 2 is 2.00 bits per heavy atom. The maximum atomic E-state index is 12.9. The van der Waals surface area contributed by atoms with Crippen LogP contribution in [0.3, 0.4) is 0 Å². The van der Waals surface area contributed by atoms with Crippen molar-refractivity contribution in [3.8, 4) is 5.69 Å². The zero-order valence-corrected chi connectivity index (χ0v) is 15.6. The van der Waals surface area contributed by atoms with Gasteiger partial charge in [-0.15, -0.1) is 0 Å². The maximum Gasteiger partial charge on any atom is 0.178 e. The molecule has 1 fully saturated rings. The highest BCUT2D eigenvalue weighted by Crippen LogP contribution is 2.25. The Balaban J connectivity index is 1.82. The van der Waals surface area contributed by atoms with Crippen molar-refractivity contribution < 1.29 is 9.90 Å². The molecule has 1 aromatic heterocycles. The molecule has 4 nitrogen and oxygen atoms in total. The molecule has 25 heavy (non-hydrogen) atoms. The first kappa shape index (κ1) is 18.2. The SMILES string of the molecule is Cc1cc(C(=O)CN2CCCC2CCO)c(C)n1-c1ccc(Cl)cc1. The Morgan fingerprint density at radius 1 is 1.28 bits per heavy atom. The number of aliphatic hydroxyl groups is 1. The van der Waals surface area contributed by atoms with Gasteiger partial charge in [0.2, 0.25) is 0 Å². The van der Waals surface area contributed by atoms with Gasteiger partial charge in [0.05, 0.1) is 6.54 Å². The summed E-state index contributed by atoms with van der Waals surface area (Å²) in [6.07, 6.45) is 2.91. The number of benzene rings is 1. The molecule has 0 amide bonds. The molecule has 134 valence electrons. The number of halogens is 1. The number of ketones is 1. The summed E-state index contributed by atoms with van der Waals surface area (Å²) in [5, 5.41) is 9.90. The van der Waals surface area contributed by atoms with Crippen LogP contribution in [0.15, 0.2) is 30.3 Å². The van der Waals surface area contributed by atoms with Crippen LogP contribution in [-0.2, 0) is 0 Å². The second kappa shape index (κ2) is 7.73. The Bertz CT molecular complexity index is 752. The number of carbonyl (C=O) groups is 1. The van der Waals surface area contributed by atoms with Crippen molar-refractivity contribution in [3.05, 3.63) is 52.3 Å². The van der Waals surface area contributed by atoms with Gasteiger partial charge in [-0.05, 0) is 70.0 Å². The van der Waals surface area contributed by atoms with E-state index in [4.69, 9.17) is 11.6 Å². The number of hydrogen-bond donors (Lipinski definition) is 1. The number of nitrogens with zero attached hydrogens (tertiary/aromatic N) is 2. The van der Waals surface area contributed by atoms with Crippen LogP contribution < -0.4 is 0 Å². The van der Waals surface area contributed by atoms with Crippen molar-refractivity contribution in [3.63, 3.8) is 0 Å². The molecule has 2 aromatic rings. The molecule has 1 aliphatic rings. The maximum absolute atomic E-state index is 12.9. The lowest BCUT2D eigenvalue weighted by Crippen LogP contribution is -2.35. The molecule has 3 rings (SSSR count). The van der Waals surface area contributed by atoms with Crippen molar-refractivity contribution in [2.75, 3.05) is 19.7 Å². The van der Waals surface area contributed by atoms with Crippen molar-refractivity contribution in [2.45, 2.75) is 39.2 Å². The summed E-state index contributed by atoms with van der Waals surface area (Å²) in [5.41, 5.74) is 3.79. The second-order valence-corrected chi connectivity index (χ2v) is 7.24. The van der Waals surface area contributed by atoms with Gasteiger partial charge in [0.1, 0.15) is 0 Å². The monoisotopic (exact) mass is 360 g/mol. The summed E-state index contributed by atoms with van der Waals surface area (Å²) >= 11 is 5.98. The van der Waals surface area contributed by atoms with E-state index >= 15 is 0 Å². The minimum Gasteiger partial charge on any atom is -0.396 e. The molecule has 0 bridgehead atoms. The smallest absolute Gasteiger partial charge is 0.178 e. The van der Waals surface area contributed by atoms with Gasteiger partial charge in [0.25, 0.3) is 0 Å². The van der Waals surface area contributed by atoms with Crippen molar-refractivity contribution >= 4 is 17.4 Å². The summed E-state index contributed by atoms with van der Waals surface area (Å²) in [6.45, 7) is 5.55. The van der Waals surface area contributed by atoms with Crippen LogP contribution >= 0.6 is 11.6 Å². The average molecular weight is 361 g/mol. The molecule has 1 saturated heterocycles. The highest BCUT2D eigenvalue weighted by molar-refractivity contribution is 6.30. The number of carbonyl (C=O) groups excluding carboxylic acids is 1. The molecule has 1 aliphatic heterocycles. The van der Waals surface area contributed by atoms with E-state index in [0.29, 0.717) is 17.6 Å². The minimum absolute atomic E-state index is 0.151. The van der Waals surface area contributed by atoms with Crippen molar-refractivity contribution in [1.29, 1.82) is 0 Å². The fraction of sp³-hybridized carbons (Fsp3) is 0.450. The highest BCUT2D eigenvalue weighted by Gasteiger charge is 2.27. The van der Waals surface area contributed by atoms with Crippen LogP contribution in [0, 0.1) is 13.8 Å². The first-order chi connectivity index (χ1) is 12.0. The van der Waals surface area contributed by atoms with Gasteiger partial charge < -0.3 is 9.67 Å². The van der Waals surface area contributed by atoms with Crippen LogP contribution in [0.25, 0.3) is 5.69 Å². The van der Waals surface area contributed by atoms with Crippen LogP contribution in [0.1, 0.15) is 41.0 Å². The Labute approximate surface area is 154 Å². The lowest BCUT2D eigenvalue weighted by molar-refractivity contribution is 0.0908. The number of aliphatic hydroxyl groups excluding tert-OH is 1. The van der Waals surface area contributed by atoms with Crippen LogP contribution in [0.2, 0.25) is 5.02 Å². The summed E-state index contributed by atoms with van der Waals surface area (Å²) in [6, 6.07) is 9.96. The van der Waals surface area contributed by atoms with Crippen molar-refractivity contribution in [2.24, 2.45) is 0 Å². The predicted octanol–water partition coefficient (Wildman–Crippen LogP) is 3.78. The van der Waals surface area contributed by atoms with Gasteiger partial charge >= 0.3 is 0 Å². The molecule has 1 unspecified atom stereocenters. The zero-order chi connectivity index (χ0) is 18.0. The normalized spacial score (nSPS) is 18.0. The molecule has 0 spiro atoms. The molecule has 0 aliphatic carbocycles. The van der Waals surface area contributed by atoms with Crippen LogP contribution in [-0.4, -0.2) is 46.1 Å². The summed E-state index contributed by atoms with van der Waals surface area (Å²) in [4.78, 5) is 15.1. The van der Waals surface area contributed by atoms with Crippen LogP contribution in [0.5, 0.6) is 0 Å². The van der Waals surface area contributed by atoms with Gasteiger partial charge in [-0.25, -0.2) is 0 Å². The highest BCUT2D eigenvalue weighted by atomic mass is 35.5. The average Bonchev–Trinajstić information content (AvgIpc) is 3.13. The standard InChI is InChI=1S/C20H25ClN2O2/c1-14-12-19(15(2)23(14)18-7-5-16(21)6-8-18)20(25)13-22-10-3-4-17(22)9-11-24/h5-8,12,17,24H,3-4,9-11,13H2,1-2H3.